The number of piperazine rings is 1. The lowest BCUT2D eigenvalue weighted by molar-refractivity contribution is -0.130. The highest BCUT2D eigenvalue weighted by atomic mass is 16.2. The summed E-state index contributed by atoms with van der Waals surface area (Å²) < 4.78 is 0. The first-order chi connectivity index (χ1) is 12.0. The number of amides is 2. The van der Waals surface area contributed by atoms with Gasteiger partial charge >= 0.3 is 0 Å². The van der Waals surface area contributed by atoms with E-state index >= 15 is 0 Å². The number of rotatable bonds is 3. The van der Waals surface area contributed by atoms with Gasteiger partial charge in [0.25, 0.3) is 5.91 Å². The molecule has 3 rings (SSSR count). The number of benzene rings is 1. The summed E-state index contributed by atoms with van der Waals surface area (Å²) >= 11 is 0. The molecule has 1 N–H and O–H groups in total. The highest BCUT2D eigenvalue weighted by Gasteiger charge is 2.24. The summed E-state index contributed by atoms with van der Waals surface area (Å²) in [7, 11) is 0. The van der Waals surface area contributed by atoms with Gasteiger partial charge in [0, 0.05) is 38.8 Å². The number of carbonyl (C=O) groups excluding carboxylic acids is 2. The van der Waals surface area contributed by atoms with E-state index in [-0.39, 0.29) is 11.8 Å². The van der Waals surface area contributed by atoms with Crippen molar-refractivity contribution in [3.63, 3.8) is 0 Å². The Labute approximate surface area is 146 Å². The van der Waals surface area contributed by atoms with Crippen molar-refractivity contribution in [1.82, 2.24) is 20.0 Å². The van der Waals surface area contributed by atoms with Gasteiger partial charge in [-0.05, 0) is 36.8 Å². The summed E-state index contributed by atoms with van der Waals surface area (Å²) in [5, 5.41) is 11.3. The van der Waals surface area contributed by atoms with E-state index in [4.69, 9.17) is 0 Å². The SMILES string of the molecule is CC(=O)N1CCN(C(=O)c2ccc(Nc3cccc(C)c3)nn2)CC1. The number of nitrogens with zero attached hydrogens (tertiary/aromatic N) is 4. The Kier molecular flexibility index (Phi) is 4.92. The van der Waals surface area contributed by atoms with Crippen LogP contribution in [0.1, 0.15) is 23.0 Å². The van der Waals surface area contributed by atoms with E-state index in [2.05, 4.69) is 15.5 Å². The van der Waals surface area contributed by atoms with E-state index in [1.807, 2.05) is 31.2 Å². The summed E-state index contributed by atoms with van der Waals surface area (Å²) in [5.74, 6) is 0.472. The summed E-state index contributed by atoms with van der Waals surface area (Å²) in [5.41, 5.74) is 2.38. The van der Waals surface area contributed by atoms with Crippen LogP contribution in [0.15, 0.2) is 36.4 Å². The highest BCUT2D eigenvalue weighted by Crippen LogP contribution is 2.15. The molecule has 0 radical (unpaired) electrons. The fourth-order valence-electron chi connectivity index (χ4n) is 2.77. The van der Waals surface area contributed by atoms with Crippen molar-refractivity contribution >= 4 is 23.3 Å². The van der Waals surface area contributed by atoms with Gasteiger partial charge in [0.05, 0.1) is 0 Å². The molecule has 0 aliphatic carbocycles. The Morgan fingerprint density at radius 3 is 2.32 bits per heavy atom. The molecule has 0 bridgehead atoms. The predicted molar refractivity (Wildman–Crippen MR) is 94.7 cm³/mol. The Balaban J connectivity index is 1.62. The first-order valence-corrected chi connectivity index (χ1v) is 8.25. The number of aromatic nitrogens is 2. The summed E-state index contributed by atoms with van der Waals surface area (Å²) in [4.78, 5) is 27.3. The Morgan fingerprint density at radius 1 is 1.00 bits per heavy atom. The maximum absolute atomic E-state index is 12.5. The largest absolute Gasteiger partial charge is 0.339 e. The van der Waals surface area contributed by atoms with Crippen LogP contribution in [-0.2, 0) is 4.79 Å². The van der Waals surface area contributed by atoms with Crippen LogP contribution in [0.4, 0.5) is 11.5 Å². The Hall–Kier alpha value is -2.96. The van der Waals surface area contributed by atoms with Gasteiger partial charge < -0.3 is 15.1 Å². The van der Waals surface area contributed by atoms with Gasteiger partial charge in [0.2, 0.25) is 5.91 Å². The van der Waals surface area contributed by atoms with Gasteiger partial charge in [0.15, 0.2) is 11.5 Å². The quantitative estimate of drug-likeness (QED) is 0.923. The number of hydrogen-bond acceptors (Lipinski definition) is 5. The molecule has 1 saturated heterocycles. The van der Waals surface area contributed by atoms with E-state index in [0.717, 1.165) is 11.3 Å². The van der Waals surface area contributed by atoms with Crippen molar-refractivity contribution in [1.29, 1.82) is 0 Å². The molecule has 1 aliphatic heterocycles. The minimum Gasteiger partial charge on any atom is -0.339 e. The van der Waals surface area contributed by atoms with Gasteiger partial charge in [-0.1, -0.05) is 12.1 Å². The van der Waals surface area contributed by atoms with Crippen molar-refractivity contribution in [3.8, 4) is 0 Å². The third-order valence-corrected chi connectivity index (χ3v) is 4.19. The molecule has 0 spiro atoms. The molecule has 25 heavy (non-hydrogen) atoms. The minimum atomic E-state index is -0.155. The fraction of sp³-hybridized carbons (Fsp3) is 0.333. The maximum atomic E-state index is 12.5. The molecule has 1 aromatic carbocycles. The third kappa shape index (κ3) is 4.12. The number of anilines is 2. The van der Waals surface area contributed by atoms with Gasteiger partial charge in [0.1, 0.15) is 0 Å². The van der Waals surface area contributed by atoms with E-state index in [1.165, 1.54) is 0 Å². The van der Waals surface area contributed by atoms with Crippen LogP contribution in [0.2, 0.25) is 0 Å². The second-order valence-electron chi connectivity index (χ2n) is 6.10. The molecule has 1 aliphatic rings. The molecule has 7 heteroatoms. The van der Waals surface area contributed by atoms with Crippen molar-refractivity contribution in [3.05, 3.63) is 47.7 Å². The maximum Gasteiger partial charge on any atom is 0.274 e. The molecule has 2 aromatic rings. The molecule has 1 aromatic heterocycles. The van der Waals surface area contributed by atoms with Crippen molar-refractivity contribution < 1.29 is 9.59 Å². The Morgan fingerprint density at radius 2 is 1.72 bits per heavy atom. The van der Waals surface area contributed by atoms with Gasteiger partial charge in [-0.15, -0.1) is 10.2 Å². The number of aryl methyl sites for hydroxylation is 1. The number of hydrogen-bond donors (Lipinski definition) is 1. The van der Waals surface area contributed by atoms with Crippen LogP contribution in [0.5, 0.6) is 0 Å². The predicted octanol–water partition coefficient (Wildman–Crippen LogP) is 1.83. The van der Waals surface area contributed by atoms with Crippen molar-refractivity contribution in [2.24, 2.45) is 0 Å². The normalized spacial score (nSPS) is 14.3. The fourth-order valence-corrected chi connectivity index (χ4v) is 2.77. The minimum absolute atomic E-state index is 0.0402. The topological polar surface area (TPSA) is 78.4 Å². The van der Waals surface area contributed by atoms with Crippen LogP contribution in [0.3, 0.4) is 0 Å². The smallest absolute Gasteiger partial charge is 0.274 e. The monoisotopic (exact) mass is 339 g/mol. The lowest BCUT2D eigenvalue weighted by Gasteiger charge is -2.33. The zero-order valence-electron chi connectivity index (χ0n) is 14.4. The van der Waals surface area contributed by atoms with Crippen LogP contribution in [0, 0.1) is 6.92 Å². The molecule has 0 atom stereocenters. The number of carbonyl (C=O) groups is 2. The zero-order valence-corrected chi connectivity index (χ0v) is 14.4. The lowest BCUT2D eigenvalue weighted by Crippen LogP contribution is -2.50. The molecule has 1 fully saturated rings. The molecule has 0 saturated carbocycles. The average molecular weight is 339 g/mol. The van der Waals surface area contributed by atoms with E-state index in [0.29, 0.717) is 37.7 Å². The second-order valence-corrected chi connectivity index (χ2v) is 6.10. The Bertz CT molecular complexity index is 767. The molecule has 2 amide bonds. The van der Waals surface area contributed by atoms with E-state index < -0.39 is 0 Å². The average Bonchev–Trinajstić information content (AvgIpc) is 2.62. The molecule has 0 unspecified atom stereocenters. The summed E-state index contributed by atoms with van der Waals surface area (Å²) in [6.07, 6.45) is 0. The first-order valence-electron chi connectivity index (χ1n) is 8.25. The van der Waals surface area contributed by atoms with E-state index in [1.54, 1.807) is 28.9 Å². The molecule has 130 valence electrons. The van der Waals surface area contributed by atoms with Crippen LogP contribution < -0.4 is 5.32 Å². The zero-order chi connectivity index (χ0) is 17.8. The van der Waals surface area contributed by atoms with Gasteiger partial charge in [-0.2, -0.15) is 0 Å². The van der Waals surface area contributed by atoms with Crippen molar-refractivity contribution in [2.45, 2.75) is 13.8 Å². The van der Waals surface area contributed by atoms with Gasteiger partial charge in [-0.3, -0.25) is 9.59 Å². The molecular formula is C18H21N5O2. The molecule has 2 heterocycles. The first kappa shape index (κ1) is 16.9. The third-order valence-electron chi connectivity index (χ3n) is 4.19. The van der Waals surface area contributed by atoms with Gasteiger partial charge in [-0.25, -0.2) is 0 Å². The molecule has 7 nitrogen and oxygen atoms in total. The van der Waals surface area contributed by atoms with Crippen LogP contribution in [-0.4, -0.2) is 58.0 Å². The lowest BCUT2D eigenvalue weighted by atomic mass is 10.2. The molecular weight excluding hydrogens is 318 g/mol. The standard InChI is InChI=1S/C18H21N5O2/c1-13-4-3-5-15(12-13)19-17-7-6-16(20-21-17)18(25)23-10-8-22(9-11-23)14(2)24/h3-7,12H,8-11H2,1-2H3,(H,19,21). The second kappa shape index (κ2) is 7.29. The number of nitrogens with one attached hydrogen (secondary N) is 1. The van der Waals surface area contributed by atoms with Crippen LogP contribution >= 0.6 is 0 Å². The summed E-state index contributed by atoms with van der Waals surface area (Å²) in [6, 6.07) is 11.4. The summed E-state index contributed by atoms with van der Waals surface area (Å²) in [6.45, 7) is 5.71. The van der Waals surface area contributed by atoms with Crippen molar-refractivity contribution in [2.75, 3.05) is 31.5 Å². The van der Waals surface area contributed by atoms with Crippen LogP contribution in [0.25, 0.3) is 0 Å². The highest BCUT2D eigenvalue weighted by molar-refractivity contribution is 5.92. The van der Waals surface area contributed by atoms with E-state index in [9.17, 15) is 9.59 Å².